The largest absolute Gasteiger partial charge is 0.490 e. The number of benzene rings is 2. The first-order valence-electron chi connectivity index (χ1n) is 8.71. The van der Waals surface area contributed by atoms with Crippen LogP contribution < -0.4 is 19.5 Å². The fraction of sp³-hybridized carbons (Fsp3) is 0.350. The molecule has 7 heteroatoms. The highest BCUT2D eigenvalue weighted by atomic mass is 79.9. The van der Waals surface area contributed by atoms with Crippen LogP contribution in [-0.2, 0) is 4.79 Å². The van der Waals surface area contributed by atoms with E-state index in [4.69, 9.17) is 14.2 Å². The summed E-state index contributed by atoms with van der Waals surface area (Å²) >= 11 is 3.17. The van der Waals surface area contributed by atoms with Gasteiger partial charge in [0.1, 0.15) is 0 Å². The van der Waals surface area contributed by atoms with Crippen molar-refractivity contribution in [3.8, 4) is 17.2 Å². The van der Waals surface area contributed by atoms with E-state index in [1.54, 1.807) is 6.07 Å². The summed E-state index contributed by atoms with van der Waals surface area (Å²) in [6, 6.07) is 9.66. The highest BCUT2D eigenvalue weighted by Gasteiger charge is 2.14. The Morgan fingerprint density at radius 1 is 1.04 bits per heavy atom. The Balaban J connectivity index is 1.98. The van der Waals surface area contributed by atoms with Crippen molar-refractivity contribution in [1.29, 1.82) is 0 Å². The van der Waals surface area contributed by atoms with E-state index in [1.165, 1.54) is 12.1 Å². The molecule has 0 radical (unpaired) electrons. The average molecular weight is 440 g/mol. The number of ether oxygens (including phenoxy) is 3. The molecule has 0 aliphatic heterocycles. The molecule has 0 fully saturated rings. The van der Waals surface area contributed by atoms with Gasteiger partial charge in [-0.3, -0.25) is 4.79 Å². The van der Waals surface area contributed by atoms with Crippen molar-refractivity contribution in [2.75, 3.05) is 19.8 Å². The molecular formula is C20H23BrFNO4. The van der Waals surface area contributed by atoms with E-state index in [2.05, 4.69) is 21.2 Å². The van der Waals surface area contributed by atoms with Crippen molar-refractivity contribution < 1.29 is 23.4 Å². The number of rotatable bonds is 9. The molecule has 2 rings (SSSR count). The molecule has 0 heterocycles. The molecule has 0 saturated heterocycles. The molecule has 1 amide bonds. The lowest BCUT2D eigenvalue weighted by atomic mass is 10.1. The lowest BCUT2D eigenvalue weighted by Gasteiger charge is -2.18. The predicted molar refractivity (Wildman–Crippen MR) is 105 cm³/mol. The lowest BCUT2D eigenvalue weighted by Crippen LogP contribution is -2.31. The molecule has 0 bridgehead atoms. The molecule has 146 valence electrons. The Labute approximate surface area is 166 Å². The molecule has 0 aliphatic carbocycles. The van der Waals surface area contributed by atoms with Crippen LogP contribution in [0.1, 0.15) is 32.4 Å². The molecule has 0 spiro atoms. The molecule has 5 nitrogen and oxygen atoms in total. The number of hydrogen-bond acceptors (Lipinski definition) is 4. The van der Waals surface area contributed by atoms with Crippen molar-refractivity contribution in [2.45, 2.75) is 26.8 Å². The molecule has 27 heavy (non-hydrogen) atoms. The Morgan fingerprint density at radius 2 is 1.70 bits per heavy atom. The second-order valence-electron chi connectivity index (χ2n) is 5.72. The maximum absolute atomic E-state index is 13.7. The minimum Gasteiger partial charge on any atom is -0.490 e. The quantitative estimate of drug-likeness (QED) is 0.617. The Kier molecular flexibility index (Phi) is 7.91. The van der Waals surface area contributed by atoms with Crippen molar-refractivity contribution in [1.82, 2.24) is 5.32 Å². The zero-order valence-electron chi connectivity index (χ0n) is 15.6. The van der Waals surface area contributed by atoms with E-state index in [-0.39, 0.29) is 24.3 Å². The van der Waals surface area contributed by atoms with Crippen LogP contribution in [0.2, 0.25) is 0 Å². The van der Waals surface area contributed by atoms with Crippen LogP contribution in [0.5, 0.6) is 17.2 Å². The van der Waals surface area contributed by atoms with Gasteiger partial charge in [-0.2, -0.15) is 0 Å². The highest BCUT2D eigenvalue weighted by Crippen LogP contribution is 2.30. The number of carbonyl (C=O) groups is 1. The van der Waals surface area contributed by atoms with Crippen molar-refractivity contribution in [2.24, 2.45) is 0 Å². The molecule has 0 aliphatic rings. The Morgan fingerprint density at radius 3 is 2.37 bits per heavy atom. The summed E-state index contributed by atoms with van der Waals surface area (Å²) in [6.45, 7) is 6.42. The number of hydrogen-bond donors (Lipinski definition) is 1. The number of halogens is 2. The van der Waals surface area contributed by atoms with E-state index < -0.39 is 5.82 Å². The molecule has 0 aromatic heterocycles. The van der Waals surface area contributed by atoms with E-state index in [0.29, 0.717) is 29.2 Å². The Bertz CT molecular complexity index is 785. The lowest BCUT2D eigenvalue weighted by molar-refractivity contribution is -0.123. The van der Waals surface area contributed by atoms with Crippen molar-refractivity contribution in [3.63, 3.8) is 0 Å². The summed E-state index contributed by atoms with van der Waals surface area (Å²) in [7, 11) is 0. The fourth-order valence-corrected chi connectivity index (χ4v) is 2.77. The van der Waals surface area contributed by atoms with Crippen LogP contribution in [-0.4, -0.2) is 25.7 Å². The average Bonchev–Trinajstić information content (AvgIpc) is 2.62. The van der Waals surface area contributed by atoms with Gasteiger partial charge in [0, 0.05) is 4.47 Å². The molecule has 1 unspecified atom stereocenters. The van der Waals surface area contributed by atoms with Gasteiger partial charge in [-0.05, 0) is 56.7 Å². The summed E-state index contributed by atoms with van der Waals surface area (Å²) in [6.07, 6.45) is 0. The van der Waals surface area contributed by atoms with Gasteiger partial charge in [-0.25, -0.2) is 4.39 Å². The van der Waals surface area contributed by atoms with E-state index >= 15 is 0 Å². The van der Waals surface area contributed by atoms with Gasteiger partial charge in [0.15, 0.2) is 29.7 Å². The first-order chi connectivity index (χ1) is 12.9. The topological polar surface area (TPSA) is 56.8 Å². The third-order valence-corrected chi connectivity index (χ3v) is 4.19. The van der Waals surface area contributed by atoms with Gasteiger partial charge in [-0.15, -0.1) is 0 Å². The van der Waals surface area contributed by atoms with E-state index in [9.17, 15) is 9.18 Å². The van der Waals surface area contributed by atoms with Gasteiger partial charge in [-0.1, -0.05) is 22.0 Å². The van der Waals surface area contributed by atoms with Crippen LogP contribution in [0.15, 0.2) is 40.9 Å². The van der Waals surface area contributed by atoms with Crippen LogP contribution in [0.3, 0.4) is 0 Å². The minimum absolute atomic E-state index is 0.0284. The van der Waals surface area contributed by atoms with Gasteiger partial charge < -0.3 is 19.5 Å². The van der Waals surface area contributed by atoms with Gasteiger partial charge in [0.05, 0.1) is 19.3 Å². The van der Waals surface area contributed by atoms with Crippen LogP contribution in [0, 0.1) is 5.82 Å². The molecule has 1 atom stereocenters. The second-order valence-corrected chi connectivity index (χ2v) is 6.64. The molecular weight excluding hydrogens is 417 g/mol. The third-order valence-electron chi connectivity index (χ3n) is 3.70. The maximum Gasteiger partial charge on any atom is 0.258 e. The van der Waals surface area contributed by atoms with Gasteiger partial charge in [0.2, 0.25) is 0 Å². The normalized spacial score (nSPS) is 11.6. The summed E-state index contributed by atoms with van der Waals surface area (Å²) in [4.78, 5) is 12.1. The standard InChI is InChI=1S/C20H23BrFNO4/c1-4-25-18-8-6-14(10-19(18)26-5-2)13(3)23-20(24)12-27-17-9-7-15(21)11-16(17)22/h6-11,13H,4-5,12H2,1-3H3,(H,23,24). The first kappa shape index (κ1) is 21.0. The van der Waals surface area contributed by atoms with Crippen molar-refractivity contribution in [3.05, 3.63) is 52.3 Å². The number of carbonyl (C=O) groups excluding carboxylic acids is 1. The van der Waals surface area contributed by atoms with Crippen LogP contribution in [0.4, 0.5) is 4.39 Å². The number of nitrogens with one attached hydrogen (secondary N) is 1. The summed E-state index contributed by atoms with van der Waals surface area (Å²) in [5.74, 6) is 0.442. The third kappa shape index (κ3) is 6.13. The predicted octanol–water partition coefficient (Wildman–Crippen LogP) is 4.64. The molecule has 0 saturated carbocycles. The second kappa shape index (κ2) is 10.2. The molecule has 2 aromatic carbocycles. The smallest absolute Gasteiger partial charge is 0.258 e. The summed E-state index contributed by atoms with van der Waals surface area (Å²) in [5.41, 5.74) is 0.866. The summed E-state index contributed by atoms with van der Waals surface area (Å²) < 4.78 is 30.7. The maximum atomic E-state index is 13.7. The van der Waals surface area contributed by atoms with E-state index in [0.717, 1.165) is 5.56 Å². The minimum atomic E-state index is -0.530. The van der Waals surface area contributed by atoms with E-state index in [1.807, 2.05) is 39.0 Å². The van der Waals surface area contributed by atoms with Gasteiger partial charge >= 0.3 is 0 Å². The zero-order chi connectivity index (χ0) is 19.8. The zero-order valence-corrected chi connectivity index (χ0v) is 17.1. The number of amides is 1. The Hall–Kier alpha value is -2.28. The fourth-order valence-electron chi connectivity index (χ4n) is 2.44. The highest BCUT2D eigenvalue weighted by molar-refractivity contribution is 9.10. The first-order valence-corrected chi connectivity index (χ1v) is 9.50. The monoisotopic (exact) mass is 439 g/mol. The SMILES string of the molecule is CCOc1ccc(C(C)NC(=O)COc2ccc(Br)cc2F)cc1OCC. The van der Waals surface area contributed by atoms with Crippen molar-refractivity contribution >= 4 is 21.8 Å². The van der Waals surface area contributed by atoms with Crippen LogP contribution >= 0.6 is 15.9 Å². The summed E-state index contributed by atoms with van der Waals surface area (Å²) in [5, 5.41) is 2.83. The molecule has 1 N–H and O–H groups in total. The van der Waals surface area contributed by atoms with Gasteiger partial charge in [0.25, 0.3) is 5.91 Å². The molecule has 2 aromatic rings. The van der Waals surface area contributed by atoms with Crippen LogP contribution in [0.25, 0.3) is 0 Å².